The van der Waals surface area contributed by atoms with E-state index in [1.807, 2.05) is 30.3 Å². The Morgan fingerprint density at radius 1 is 0.905 bits per heavy atom. The number of rotatable bonds is 5. The fourth-order valence-corrected chi connectivity index (χ4v) is 1.83. The number of alkyl halides is 3. The van der Waals surface area contributed by atoms with Crippen molar-refractivity contribution in [1.29, 1.82) is 0 Å². The molecule has 0 aromatic heterocycles. The van der Waals surface area contributed by atoms with Gasteiger partial charge >= 0.3 is 6.18 Å². The minimum absolute atomic E-state index is 0.147. The van der Waals surface area contributed by atoms with Crippen molar-refractivity contribution in [2.45, 2.75) is 19.4 Å². The molecule has 0 saturated heterocycles. The van der Waals surface area contributed by atoms with Crippen molar-refractivity contribution in [3.63, 3.8) is 0 Å². The van der Waals surface area contributed by atoms with Gasteiger partial charge in [0.25, 0.3) is 5.78 Å². The van der Waals surface area contributed by atoms with Crippen molar-refractivity contribution in [1.82, 2.24) is 0 Å². The smallest absolute Gasteiger partial charge is 0.372 e. The molecule has 5 heteroatoms. The molecule has 0 unspecified atom stereocenters. The number of Topliss-reactive ketones (excluding diaryl/α,β-unsaturated/α-hetero) is 1. The number of hydrogen-bond donors (Lipinski definition) is 0. The van der Waals surface area contributed by atoms with Crippen molar-refractivity contribution in [3.8, 4) is 0 Å². The van der Waals surface area contributed by atoms with Crippen LogP contribution in [0.25, 0.3) is 0 Å². The van der Waals surface area contributed by atoms with Crippen LogP contribution in [0.3, 0.4) is 0 Å². The van der Waals surface area contributed by atoms with Crippen molar-refractivity contribution in [2.24, 2.45) is 0 Å². The van der Waals surface area contributed by atoms with Gasteiger partial charge in [-0.2, -0.15) is 13.2 Å². The van der Waals surface area contributed by atoms with E-state index in [9.17, 15) is 18.0 Å². The molecular formula is C16H13F3O2. The van der Waals surface area contributed by atoms with Crippen LogP contribution in [0.5, 0.6) is 0 Å². The minimum atomic E-state index is -4.86. The molecule has 2 aromatic rings. The molecule has 110 valence electrons. The maximum absolute atomic E-state index is 12.4. The lowest BCUT2D eigenvalue weighted by molar-refractivity contribution is -0.0885. The lowest BCUT2D eigenvalue weighted by Gasteiger charge is -2.08. The molecular weight excluding hydrogens is 281 g/mol. The standard InChI is InChI=1S/C16H13F3O2/c17-16(18,19)15(20)14-8-4-7-13(9-14)11-21-10-12-5-2-1-3-6-12/h1-9H,10-11H2. The van der Waals surface area contributed by atoms with Crippen LogP contribution in [0.4, 0.5) is 13.2 Å². The molecule has 0 atom stereocenters. The Labute approximate surface area is 120 Å². The summed E-state index contributed by atoms with van der Waals surface area (Å²) in [4.78, 5) is 11.1. The molecule has 0 fully saturated rings. The average molecular weight is 294 g/mol. The van der Waals surface area contributed by atoms with E-state index in [1.54, 1.807) is 6.07 Å². The number of ether oxygens (including phenoxy) is 1. The van der Waals surface area contributed by atoms with E-state index in [-0.39, 0.29) is 12.2 Å². The Balaban J connectivity index is 1.97. The molecule has 0 aliphatic heterocycles. The van der Waals surface area contributed by atoms with E-state index in [0.717, 1.165) is 11.6 Å². The summed E-state index contributed by atoms with van der Waals surface area (Å²) in [6.45, 7) is 0.506. The van der Waals surface area contributed by atoms with E-state index in [0.29, 0.717) is 12.2 Å². The summed E-state index contributed by atoms with van der Waals surface area (Å²) in [5.74, 6) is -1.84. The van der Waals surface area contributed by atoms with Gasteiger partial charge in [0, 0.05) is 5.56 Å². The average Bonchev–Trinajstić information content (AvgIpc) is 2.47. The third-order valence-corrected chi connectivity index (χ3v) is 2.83. The number of hydrogen-bond acceptors (Lipinski definition) is 2. The Bertz CT molecular complexity index is 606. The third kappa shape index (κ3) is 4.43. The van der Waals surface area contributed by atoms with E-state index in [4.69, 9.17) is 4.74 Å². The number of halogens is 3. The quantitative estimate of drug-likeness (QED) is 0.774. The van der Waals surface area contributed by atoms with Crippen LogP contribution in [-0.2, 0) is 18.0 Å². The number of carbonyl (C=O) groups excluding carboxylic acids is 1. The highest BCUT2D eigenvalue weighted by Gasteiger charge is 2.39. The van der Waals surface area contributed by atoms with Crippen LogP contribution in [0.1, 0.15) is 21.5 Å². The lowest BCUT2D eigenvalue weighted by atomic mass is 10.1. The minimum Gasteiger partial charge on any atom is -0.372 e. The van der Waals surface area contributed by atoms with Crippen molar-refractivity contribution < 1.29 is 22.7 Å². The highest BCUT2D eigenvalue weighted by molar-refractivity contribution is 6.00. The molecule has 0 heterocycles. The van der Waals surface area contributed by atoms with Gasteiger partial charge in [-0.05, 0) is 17.2 Å². The maximum Gasteiger partial charge on any atom is 0.454 e. The second-order valence-corrected chi connectivity index (χ2v) is 4.51. The molecule has 21 heavy (non-hydrogen) atoms. The third-order valence-electron chi connectivity index (χ3n) is 2.83. The molecule has 2 rings (SSSR count). The van der Waals surface area contributed by atoms with Crippen LogP contribution < -0.4 is 0 Å². The predicted octanol–water partition coefficient (Wildman–Crippen LogP) is 4.15. The molecule has 2 nitrogen and oxygen atoms in total. The van der Waals surface area contributed by atoms with Crippen molar-refractivity contribution >= 4 is 5.78 Å². The molecule has 0 aliphatic rings. The molecule has 0 bridgehead atoms. The number of benzene rings is 2. The van der Waals surface area contributed by atoms with Gasteiger partial charge in [-0.3, -0.25) is 4.79 Å². The molecule has 0 saturated carbocycles. The van der Waals surface area contributed by atoms with Crippen LogP contribution >= 0.6 is 0 Å². The molecule has 2 aromatic carbocycles. The van der Waals surface area contributed by atoms with Gasteiger partial charge < -0.3 is 4.74 Å². The Kier molecular flexibility index (Phi) is 4.75. The second kappa shape index (κ2) is 6.54. The zero-order valence-corrected chi connectivity index (χ0v) is 11.1. The molecule has 0 N–H and O–H groups in total. The largest absolute Gasteiger partial charge is 0.454 e. The molecule has 0 spiro atoms. The summed E-state index contributed by atoms with van der Waals surface area (Å²) in [5.41, 5.74) is 1.13. The fourth-order valence-electron chi connectivity index (χ4n) is 1.83. The fraction of sp³-hybridized carbons (Fsp3) is 0.188. The van der Waals surface area contributed by atoms with Crippen LogP contribution in [-0.4, -0.2) is 12.0 Å². The summed E-state index contributed by atoms with van der Waals surface area (Å²) in [6, 6.07) is 14.8. The van der Waals surface area contributed by atoms with Gasteiger partial charge in [0.1, 0.15) is 0 Å². The lowest BCUT2D eigenvalue weighted by Crippen LogP contribution is -2.22. The van der Waals surface area contributed by atoms with E-state index in [1.165, 1.54) is 12.1 Å². The number of carbonyl (C=O) groups is 1. The van der Waals surface area contributed by atoms with Crippen molar-refractivity contribution in [3.05, 3.63) is 71.3 Å². The summed E-state index contributed by atoms with van der Waals surface area (Å²) in [5, 5.41) is 0. The van der Waals surface area contributed by atoms with Gasteiger partial charge in [-0.1, -0.05) is 48.5 Å². The molecule has 0 radical (unpaired) electrons. The van der Waals surface area contributed by atoms with Gasteiger partial charge in [0.05, 0.1) is 13.2 Å². The van der Waals surface area contributed by atoms with Crippen LogP contribution in [0.2, 0.25) is 0 Å². The summed E-state index contributed by atoms with van der Waals surface area (Å²) in [7, 11) is 0. The van der Waals surface area contributed by atoms with Gasteiger partial charge in [0.2, 0.25) is 0 Å². The summed E-state index contributed by atoms with van der Waals surface area (Å²) in [6.07, 6.45) is -4.86. The van der Waals surface area contributed by atoms with E-state index in [2.05, 4.69) is 0 Å². The monoisotopic (exact) mass is 294 g/mol. The van der Waals surface area contributed by atoms with Gasteiger partial charge in [-0.15, -0.1) is 0 Å². The summed E-state index contributed by atoms with van der Waals surface area (Å²) < 4.78 is 42.5. The van der Waals surface area contributed by atoms with Crippen LogP contribution in [0, 0.1) is 0 Å². The SMILES string of the molecule is O=C(c1cccc(COCc2ccccc2)c1)C(F)(F)F. The Morgan fingerprint density at radius 3 is 2.19 bits per heavy atom. The molecule has 0 aliphatic carbocycles. The van der Waals surface area contributed by atoms with E-state index >= 15 is 0 Å². The number of ketones is 1. The highest BCUT2D eigenvalue weighted by Crippen LogP contribution is 2.22. The first kappa shape index (κ1) is 15.3. The van der Waals surface area contributed by atoms with Crippen molar-refractivity contribution in [2.75, 3.05) is 0 Å². The zero-order valence-electron chi connectivity index (χ0n) is 11.1. The predicted molar refractivity (Wildman–Crippen MR) is 71.8 cm³/mol. The van der Waals surface area contributed by atoms with Gasteiger partial charge in [0.15, 0.2) is 0 Å². The van der Waals surface area contributed by atoms with E-state index < -0.39 is 12.0 Å². The summed E-state index contributed by atoms with van der Waals surface area (Å²) >= 11 is 0. The maximum atomic E-state index is 12.4. The second-order valence-electron chi connectivity index (χ2n) is 4.51. The molecule has 0 amide bonds. The first-order chi connectivity index (χ1) is 9.97. The normalized spacial score (nSPS) is 11.4. The van der Waals surface area contributed by atoms with Gasteiger partial charge in [-0.25, -0.2) is 0 Å². The Hall–Kier alpha value is -2.14. The first-order valence-corrected chi connectivity index (χ1v) is 6.29. The highest BCUT2D eigenvalue weighted by atomic mass is 19.4. The zero-order chi connectivity index (χ0) is 15.3. The first-order valence-electron chi connectivity index (χ1n) is 6.29. The topological polar surface area (TPSA) is 26.3 Å². The van der Waals surface area contributed by atoms with Crippen LogP contribution in [0.15, 0.2) is 54.6 Å². The Morgan fingerprint density at radius 2 is 1.52 bits per heavy atom.